The highest BCUT2D eigenvalue weighted by Crippen LogP contribution is 2.38. The molecule has 3 aromatic heterocycles. The second kappa shape index (κ2) is 9.45. The van der Waals surface area contributed by atoms with Gasteiger partial charge in [-0.15, -0.1) is 11.3 Å². The van der Waals surface area contributed by atoms with Gasteiger partial charge in [0.15, 0.2) is 0 Å². The molecule has 1 fully saturated rings. The number of nitrogens with one attached hydrogen (secondary N) is 1. The molecule has 1 saturated heterocycles. The molecule has 0 amide bonds. The number of fused-ring (bicyclic) bond motifs is 2. The monoisotopic (exact) mass is 501 g/mol. The van der Waals surface area contributed by atoms with Gasteiger partial charge in [-0.05, 0) is 49.4 Å². The number of likely N-dealkylation sites (tertiary alicyclic amines) is 1. The third-order valence-corrected chi connectivity index (χ3v) is 7.41. The van der Waals surface area contributed by atoms with E-state index in [9.17, 15) is 0 Å². The summed E-state index contributed by atoms with van der Waals surface area (Å²) >= 11 is 1.61. The SMILES string of the molecule is CO[C@@H]1CCN(C)C[C@H]1Oc1cc(-c2cnn(C)c2)cc2ncnc(Nc3ccc4ncsc4c3)c12. The molecule has 2 atom stereocenters. The molecule has 1 aliphatic heterocycles. The molecule has 0 unspecified atom stereocenters. The summed E-state index contributed by atoms with van der Waals surface area (Å²) in [5.41, 5.74) is 6.54. The van der Waals surface area contributed by atoms with Crippen molar-refractivity contribution < 1.29 is 9.47 Å². The Bertz CT molecular complexity index is 1530. The molecule has 5 aromatic rings. The fraction of sp³-hybridized carbons (Fsp3) is 0.308. The van der Waals surface area contributed by atoms with Crippen LogP contribution in [-0.2, 0) is 11.8 Å². The second-order valence-corrected chi connectivity index (χ2v) is 10.0. The average Bonchev–Trinajstić information content (AvgIpc) is 3.53. The van der Waals surface area contributed by atoms with Crippen LogP contribution in [0.15, 0.2) is 54.6 Å². The molecule has 10 heteroatoms. The maximum atomic E-state index is 6.73. The van der Waals surface area contributed by atoms with Crippen LogP contribution in [0.1, 0.15) is 6.42 Å². The molecular formula is C26H27N7O2S. The third-order valence-electron chi connectivity index (χ3n) is 6.62. The van der Waals surface area contributed by atoms with E-state index in [2.05, 4.69) is 55.5 Å². The lowest BCUT2D eigenvalue weighted by Crippen LogP contribution is -2.48. The first-order valence-electron chi connectivity index (χ1n) is 11.8. The lowest BCUT2D eigenvalue weighted by Gasteiger charge is -2.36. The predicted molar refractivity (Wildman–Crippen MR) is 142 cm³/mol. The van der Waals surface area contributed by atoms with Gasteiger partial charge in [-0.1, -0.05) is 0 Å². The third kappa shape index (κ3) is 4.39. The van der Waals surface area contributed by atoms with Crippen LogP contribution < -0.4 is 10.1 Å². The average molecular weight is 502 g/mol. The second-order valence-electron chi connectivity index (χ2n) is 9.13. The van der Waals surface area contributed by atoms with Gasteiger partial charge in [0.2, 0.25) is 0 Å². The first-order valence-corrected chi connectivity index (χ1v) is 12.7. The summed E-state index contributed by atoms with van der Waals surface area (Å²) in [5, 5.41) is 8.67. The fourth-order valence-electron chi connectivity index (χ4n) is 4.74. The fourth-order valence-corrected chi connectivity index (χ4v) is 5.46. The van der Waals surface area contributed by atoms with Crippen LogP contribution in [0.4, 0.5) is 11.5 Å². The Balaban J connectivity index is 1.46. The Hall–Kier alpha value is -3.60. The van der Waals surface area contributed by atoms with Crippen LogP contribution >= 0.6 is 11.3 Å². The van der Waals surface area contributed by atoms with Gasteiger partial charge in [0.05, 0.1) is 38.9 Å². The first kappa shape index (κ1) is 22.8. The Morgan fingerprint density at radius 1 is 1.03 bits per heavy atom. The summed E-state index contributed by atoms with van der Waals surface area (Å²) in [6, 6.07) is 10.2. The summed E-state index contributed by atoms with van der Waals surface area (Å²) in [6.45, 7) is 1.75. The summed E-state index contributed by atoms with van der Waals surface area (Å²) < 4.78 is 15.4. The van der Waals surface area contributed by atoms with E-state index in [-0.39, 0.29) is 12.2 Å². The highest BCUT2D eigenvalue weighted by atomic mass is 32.1. The van der Waals surface area contributed by atoms with E-state index >= 15 is 0 Å². The van der Waals surface area contributed by atoms with Gasteiger partial charge in [0, 0.05) is 44.7 Å². The lowest BCUT2D eigenvalue weighted by molar-refractivity contribution is -0.0417. The van der Waals surface area contributed by atoms with Gasteiger partial charge < -0.3 is 19.7 Å². The van der Waals surface area contributed by atoms with E-state index in [0.29, 0.717) is 5.82 Å². The molecule has 0 spiro atoms. The van der Waals surface area contributed by atoms with Gasteiger partial charge >= 0.3 is 0 Å². The molecule has 6 rings (SSSR count). The number of piperidine rings is 1. The Morgan fingerprint density at radius 2 is 1.94 bits per heavy atom. The first-order chi connectivity index (χ1) is 17.6. The number of rotatable bonds is 6. The number of hydrogen-bond donors (Lipinski definition) is 1. The number of benzene rings is 2. The van der Waals surface area contributed by atoms with Gasteiger partial charge in [-0.2, -0.15) is 5.10 Å². The van der Waals surface area contributed by atoms with Crippen molar-refractivity contribution >= 4 is 44.0 Å². The van der Waals surface area contributed by atoms with E-state index in [1.54, 1.807) is 29.5 Å². The molecule has 0 saturated carbocycles. The van der Waals surface area contributed by atoms with Crippen molar-refractivity contribution in [1.82, 2.24) is 29.6 Å². The maximum absolute atomic E-state index is 6.73. The van der Waals surface area contributed by atoms with E-state index in [1.807, 2.05) is 37.1 Å². The minimum Gasteiger partial charge on any atom is -0.485 e. The zero-order chi connectivity index (χ0) is 24.6. The molecule has 4 heterocycles. The van der Waals surface area contributed by atoms with E-state index < -0.39 is 0 Å². The predicted octanol–water partition coefficient (Wildman–Crippen LogP) is 4.48. The molecule has 1 N–H and O–H groups in total. The van der Waals surface area contributed by atoms with Crippen molar-refractivity contribution in [2.75, 3.05) is 32.6 Å². The smallest absolute Gasteiger partial charge is 0.145 e. The Morgan fingerprint density at radius 3 is 2.78 bits per heavy atom. The molecule has 0 radical (unpaired) electrons. The van der Waals surface area contributed by atoms with Gasteiger partial charge in [0.25, 0.3) is 0 Å². The van der Waals surface area contributed by atoms with Crippen molar-refractivity contribution in [2.45, 2.75) is 18.6 Å². The van der Waals surface area contributed by atoms with E-state index in [1.165, 1.54) is 0 Å². The topological polar surface area (TPSA) is 90.2 Å². The minimum atomic E-state index is -0.123. The van der Waals surface area contributed by atoms with E-state index in [4.69, 9.17) is 9.47 Å². The number of nitrogens with zero attached hydrogens (tertiary/aromatic N) is 6. The molecule has 1 aliphatic rings. The zero-order valence-corrected chi connectivity index (χ0v) is 21.2. The number of ether oxygens (including phenoxy) is 2. The van der Waals surface area contributed by atoms with Gasteiger partial charge in [-0.25, -0.2) is 15.0 Å². The number of aryl methyl sites for hydroxylation is 1. The van der Waals surface area contributed by atoms with Crippen LogP contribution in [0.25, 0.3) is 32.2 Å². The van der Waals surface area contributed by atoms with Crippen molar-refractivity contribution in [2.24, 2.45) is 7.05 Å². The Labute approximate surface area is 212 Å². The minimum absolute atomic E-state index is 0.00748. The lowest BCUT2D eigenvalue weighted by atomic mass is 10.0. The normalized spacial score (nSPS) is 18.6. The number of methoxy groups -OCH3 is 1. The van der Waals surface area contributed by atoms with Crippen molar-refractivity contribution in [3.63, 3.8) is 0 Å². The summed E-state index contributed by atoms with van der Waals surface area (Å²) in [6.07, 6.45) is 6.22. The Kier molecular flexibility index (Phi) is 6.00. The van der Waals surface area contributed by atoms with Gasteiger partial charge in [-0.3, -0.25) is 4.68 Å². The quantitative estimate of drug-likeness (QED) is 0.364. The number of thiazole rings is 1. The highest BCUT2D eigenvalue weighted by molar-refractivity contribution is 7.16. The van der Waals surface area contributed by atoms with Gasteiger partial charge in [0.1, 0.15) is 24.0 Å². The van der Waals surface area contributed by atoms with Crippen LogP contribution in [-0.4, -0.2) is 69.1 Å². The number of hydrogen-bond acceptors (Lipinski definition) is 9. The molecule has 0 aliphatic carbocycles. The molecule has 2 aromatic carbocycles. The number of anilines is 2. The van der Waals surface area contributed by atoms with Crippen molar-refractivity contribution in [3.8, 4) is 16.9 Å². The van der Waals surface area contributed by atoms with Crippen LogP contribution in [0.3, 0.4) is 0 Å². The maximum Gasteiger partial charge on any atom is 0.145 e. The number of likely N-dealkylation sites (N-methyl/N-ethyl adjacent to an activating group) is 1. The summed E-state index contributed by atoms with van der Waals surface area (Å²) in [7, 11) is 5.77. The number of aromatic nitrogens is 5. The van der Waals surface area contributed by atoms with Crippen molar-refractivity contribution in [3.05, 3.63) is 54.6 Å². The molecule has 184 valence electrons. The van der Waals surface area contributed by atoms with E-state index in [0.717, 1.165) is 63.2 Å². The van der Waals surface area contributed by atoms with Crippen molar-refractivity contribution in [1.29, 1.82) is 0 Å². The van der Waals surface area contributed by atoms with Crippen LogP contribution in [0.5, 0.6) is 5.75 Å². The highest BCUT2D eigenvalue weighted by Gasteiger charge is 2.30. The summed E-state index contributed by atoms with van der Waals surface area (Å²) in [4.78, 5) is 15.9. The molecule has 0 bridgehead atoms. The summed E-state index contributed by atoms with van der Waals surface area (Å²) in [5.74, 6) is 1.41. The molecule has 9 nitrogen and oxygen atoms in total. The van der Waals surface area contributed by atoms with Crippen LogP contribution in [0.2, 0.25) is 0 Å². The zero-order valence-electron chi connectivity index (χ0n) is 20.4. The van der Waals surface area contributed by atoms with Crippen LogP contribution in [0, 0.1) is 0 Å². The molecular weight excluding hydrogens is 474 g/mol. The standard InChI is InChI=1S/C26H27N7O2S/c1-32-7-6-21(34-3)23(13-32)35-22-9-16(17-11-30-33(2)12-17)8-20-25(22)26(28-14-27-20)31-18-4-5-19-24(10-18)36-15-29-19/h4-5,8-12,14-15,21,23H,6-7,13H2,1-3H3,(H,27,28,31)/t21-,23-/m1/s1. The molecule has 36 heavy (non-hydrogen) atoms. The largest absolute Gasteiger partial charge is 0.485 e.